The summed E-state index contributed by atoms with van der Waals surface area (Å²) in [4.78, 5) is 8.83. The monoisotopic (exact) mass is 202 g/mol. The third kappa shape index (κ3) is 4.74. The minimum Gasteiger partial charge on any atom is -0.395 e. The molecule has 0 aromatic heterocycles. The normalized spacial score (nSPS) is 16.8. The molecule has 0 bridgehead atoms. The minimum atomic E-state index is -3.72. The molecule has 0 fully saturated rings. The molecule has 0 aliphatic rings. The van der Waals surface area contributed by atoms with Crippen molar-refractivity contribution in [3.8, 4) is 0 Å². The van der Waals surface area contributed by atoms with Gasteiger partial charge in [-0.15, -0.1) is 11.6 Å². The molecule has 1 atom stereocenters. The highest BCUT2D eigenvalue weighted by Gasteiger charge is 2.21. The van der Waals surface area contributed by atoms with Gasteiger partial charge in [-0.1, -0.05) is 0 Å². The second kappa shape index (κ2) is 5.09. The van der Waals surface area contributed by atoms with Gasteiger partial charge in [0.05, 0.1) is 6.61 Å². The first-order chi connectivity index (χ1) is 5.02. The standard InChI is InChI=1S/C4H12ClN2O3P/c5-1-2-7(3-4-8)11(6,9)10/h8H,1-4H2,(H3,6,9,10). The van der Waals surface area contributed by atoms with E-state index in [1.807, 2.05) is 0 Å². The molecule has 0 aliphatic heterocycles. The van der Waals surface area contributed by atoms with E-state index in [0.717, 1.165) is 4.67 Å². The van der Waals surface area contributed by atoms with Crippen LogP contribution in [-0.2, 0) is 4.57 Å². The number of nitrogens with zero attached hydrogens (tertiary/aromatic N) is 1. The first kappa shape index (κ1) is 11.4. The lowest BCUT2D eigenvalue weighted by Gasteiger charge is -2.21. The van der Waals surface area contributed by atoms with Gasteiger partial charge in [-0.25, -0.2) is 10.2 Å². The van der Waals surface area contributed by atoms with Crippen LogP contribution >= 0.6 is 19.3 Å². The molecule has 11 heavy (non-hydrogen) atoms. The maximum Gasteiger partial charge on any atom is 0.338 e. The van der Waals surface area contributed by atoms with Gasteiger partial charge in [-0.2, -0.15) is 0 Å². The van der Waals surface area contributed by atoms with E-state index in [-0.39, 0.29) is 25.6 Å². The van der Waals surface area contributed by atoms with Gasteiger partial charge >= 0.3 is 7.67 Å². The average Bonchev–Trinajstić information content (AvgIpc) is 1.85. The van der Waals surface area contributed by atoms with Gasteiger partial charge in [0.15, 0.2) is 0 Å². The van der Waals surface area contributed by atoms with Crippen LogP contribution in [0.5, 0.6) is 0 Å². The highest BCUT2D eigenvalue weighted by Crippen LogP contribution is 2.34. The predicted octanol–water partition coefficient (Wildman–Crippen LogP) is -0.421. The third-order valence-corrected chi connectivity index (χ3v) is 2.49. The molecule has 4 N–H and O–H groups in total. The molecule has 0 spiro atoms. The topological polar surface area (TPSA) is 86.8 Å². The molecule has 5 nitrogen and oxygen atoms in total. The Bertz CT molecular complexity index is 144. The molecule has 0 rings (SSSR count). The van der Waals surface area contributed by atoms with Crippen molar-refractivity contribution in [3.63, 3.8) is 0 Å². The third-order valence-electron chi connectivity index (χ3n) is 1.11. The summed E-state index contributed by atoms with van der Waals surface area (Å²) in [5.74, 6) is 0.210. The summed E-state index contributed by atoms with van der Waals surface area (Å²) in [6.07, 6.45) is 0. The first-order valence-corrected chi connectivity index (χ1v) is 5.27. The lowest BCUT2D eigenvalue weighted by Crippen LogP contribution is -2.28. The number of halogens is 1. The Morgan fingerprint density at radius 3 is 2.36 bits per heavy atom. The highest BCUT2D eigenvalue weighted by molar-refractivity contribution is 7.52. The second-order valence-electron chi connectivity index (χ2n) is 1.96. The van der Waals surface area contributed by atoms with Crippen molar-refractivity contribution in [1.82, 2.24) is 4.67 Å². The van der Waals surface area contributed by atoms with Crippen LogP contribution < -0.4 is 5.50 Å². The Balaban J connectivity index is 3.99. The van der Waals surface area contributed by atoms with Crippen LogP contribution in [0, 0.1) is 0 Å². The van der Waals surface area contributed by atoms with Crippen molar-refractivity contribution in [1.29, 1.82) is 0 Å². The number of hydrogen-bond donors (Lipinski definition) is 3. The summed E-state index contributed by atoms with van der Waals surface area (Å²) >= 11 is 5.33. The van der Waals surface area contributed by atoms with Crippen molar-refractivity contribution in [2.75, 3.05) is 25.6 Å². The molecule has 0 heterocycles. The quantitative estimate of drug-likeness (QED) is 0.416. The largest absolute Gasteiger partial charge is 0.395 e. The van der Waals surface area contributed by atoms with Crippen LogP contribution in [0.3, 0.4) is 0 Å². The fourth-order valence-corrected chi connectivity index (χ4v) is 1.70. The zero-order valence-corrected chi connectivity index (χ0v) is 7.63. The van der Waals surface area contributed by atoms with Gasteiger partial charge in [0, 0.05) is 19.0 Å². The van der Waals surface area contributed by atoms with E-state index in [2.05, 4.69) is 0 Å². The van der Waals surface area contributed by atoms with Crippen LogP contribution in [0.4, 0.5) is 0 Å². The van der Waals surface area contributed by atoms with E-state index in [1.165, 1.54) is 0 Å². The summed E-state index contributed by atoms with van der Waals surface area (Å²) in [7, 11) is -3.72. The van der Waals surface area contributed by atoms with Crippen LogP contribution in [0.25, 0.3) is 0 Å². The summed E-state index contributed by atoms with van der Waals surface area (Å²) in [5, 5.41) is 8.45. The Morgan fingerprint density at radius 1 is 1.55 bits per heavy atom. The number of aliphatic hydroxyl groups excluding tert-OH is 1. The molecule has 0 aromatic rings. The van der Waals surface area contributed by atoms with Gasteiger partial charge in [-0.3, -0.25) is 4.57 Å². The number of rotatable bonds is 5. The summed E-state index contributed by atoms with van der Waals surface area (Å²) < 4.78 is 11.8. The number of nitrogens with two attached hydrogens (primary N) is 1. The van der Waals surface area contributed by atoms with E-state index < -0.39 is 7.67 Å². The van der Waals surface area contributed by atoms with E-state index in [4.69, 9.17) is 27.1 Å². The maximum atomic E-state index is 10.8. The zero-order chi connectivity index (χ0) is 8.91. The van der Waals surface area contributed by atoms with Crippen LogP contribution in [0.2, 0.25) is 0 Å². The second-order valence-corrected chi connectivity index (χ2v) is 4.08. The van der Waals surface area contributed by atoms with Crippen molar-refractivity contribution in [2.24, 2.45) is 5.50 Å². The minimum absolute atomic E-state index is 0.0665. The molecule has 1 unspecified atom stereocenters. The van der Waals surface area contributed by atoms with Crippen LogP contribution in [-0.4, -0.2) is 40.2 Å². The highest BCUT2D eigenvalue weighted by atomic mass is 35.5. The molecule has 0 radical (unpaired) electrons. The first-order valence-electron chi connectivity index (χ1n) is 3.06. The summed E-state index contributed by atoms with van der Waals surface area (Å²) in [6.45, 7) is 0.0576. The number of alkyl halides is 1. The Labute approximate surface area is 70.3 Å². The average molecular weight is 203 g/mol. The maximum absolute atomic E-state index is 10.8. The van der Waals surface area contributed by atoms with Crippen molar-refractivity contribution < 1.29 is 14.6 Å². The molecule has 0 saturated carbocycles. The van der Waals surface area contributed by atoms with Gasteiger partial charge in [0.2, 0.25) is 0 Å². The predicted molar refractivity (Wildman–Crippen MR) is 43.4 cm³/mol. The molecular weight excluding hydrogens is 190 g/mol. The molecule has 0 saturated heterocycles. The van der Waals surface area contributed by atoms with Gasteiger partial charge in [0.25, 0.3) is 0 Å². The van der Waals surface area contributed by atoms with Crippen LogP contribution in [0.1, 0.15) is 0 Å². The molecule has 7 heteroatoms. The number of hydrogen-bond acceptors (Lipinski definition) is 2. The molecular formula is C4H12ClN2O3P. The van der Waals surface area contributed by atoms with Crippen molar-refractivity contribution >= 4 is 19.3 Å². The SMILES string of the molecule is NP(=O)(O)N(CCO)CCCl. The molecule has 0 amide bonds. The van der Waals surface area contributed by atoms with Crippen LogP contribution in [0.15, 0.2) is 0 Å². The molecule has 0 aromatic carbocycles. The molecule has 68 valence electrons. The lowest BCUT2D eigenvalue weighted by atomic mass is 10.6. The Morgan fingerprint density at radius 2 is 2.09 bits per heavy atom. The van der Waals surface area contributed by atoms with E-state index in [0.29, 0.717) is 0 Å². The smallest absolute Gasteiger partial charge is 0.338 e. The summed E-state index contributed by atoms with van der Waals surface area (Å²) in [6, 6.07) is 0. The fraction of sp³-hybridized carbons (Fsp3) is 1.00. The van der Waals surface area contributed by atoms with Crippen molar-refractivity contribution in [2.45, 2.75) is 0 Å². The van der Waals surface area contributed by atoms with E-state index in [1.54, 1.807) is 0 Å². The summed E-state index contributed by atoms with van der Waals surface area (Å²) in [5.41, 5.74) is 4.92. The van der Waals surface area contributed by atoms with E-state index >= 15 is 0 Å². The Hall–Kier alpha value is 0.360. The van der Waals surface area contributed by atoms with Gasteiger partial charge < -0.3 is 10.00 Å². The fourth-order valence-electron chi connectivity index (χ4n) is 0.611. The Kier molecular flexibility index (Phi) is 5.25. The zero-order valence-electron chi connectivity index (χ0n) is 5.98. The number of aliphatic hydroxyl groups is 1. The van der Waals surface area contributed by atoms with Crippen molar-refractivity contribution in [3.05, 3.63) is 0 Å². The van der Waals surface area contributed by atoms with Gasteiger partial charge in [-0.05, 0) is 0 Å². The molecule has 0 aliphatic carbocycles. The lowest BCUT2D eigenvalue weighted by molar-refractivity contribution is 0.245. The van der Waals surface area contributed by atoms with Gasteiger partial charge in [0.1, 0.15) is 0 Å². The van der Waals surface area contributed by atoms with E-state index in [9.17, 15) is 4.57 Å².